The van der Waals surface area contributed by atoms with Crippen molar-refractivity contribution in [1.82, 2.24) is 4.98 Å². The Labute approximate surface area is 117 Å². The zero-order valence-corrected chi connectivity index (χ0v) is 10.6. The second-order valence-electron chi connectivity index (χ2n) is 3.79. The molecule has 0 saturated carbocycles. The molecule has 0 atom stereocenters. The quantitative estimate of drug-likeness (QED) is 0.791. The number of aromatic nitrogens is 1. The molecule has 1 aromatic heterocycles. The van der Waals surface area contributed by atoms with Gasteiger partial charge in [-0.15, -0.1) is 0 Å². The predicted octanol–water partition coefficient (Wildman–Crippen LogP) is 4.36. The van der Waals surface area contributed by atoms with Crippen LogP contribution in [0, 0.1) is 0 Å². The topological polar surface area (TPSA) is 39.2 Å². The molecule has 0 aliphatic heterocycles. The summed E-state index contributed by atoms with van der Waals surface area (Å²) in [5, 5.41) is -0.408. The molecule has 0 N–H and O–H groups in total. The van der Waals surface area contributed by atoms with Crippen LogP contribution in [0.15, 0.2) is 36.5 Å². The Hall–Kier alpha value is -2.08. The lowest BCUT2D eigenvalue weighted by Crippen LogP contribution is -2.06. The summed E-state index contributed by atoms with van der Waals surface area (Å²) in [6, 6.07) is 6.01. The van der Waals surface area contributed by atoms with Gasteiger partial charge in [0, 0.05) is 17.8 Å². The average Bonchev–Trinajstić information content (AvgIpc) is 2.40. The summed E-state index contributed by atoms with van der Waals surface area (Å²) in [4.78, 5) is 14.2. The molecule has 0 saturated heterocycles. The monoisotopic (exact) mass is 301 g/mol. The molecule has 0 aliphatic carbocycles. The van der Waals surface area contributed by atoms with E-state index >= 15 is 0 Å². The normalized spacial score (nSPS) is 11.2. The van der Waals surface area contributed by atoms with E-state index in [-0.39, 0.29) is 11.6 Å². The van der Waals surface area contributed by atoms with Gasteiger partial charge in [-0.1, -0.05) is 11.6 Å². The minimum absolute atomic E-state index is 0.0481. The number of carbonyl (C=O) groups is 1. The minimum atomic E-state index is -4.56. The highest BCUT2D eigenvalue weighted by Gasteiger charge is 2.33. The fourth-order valence-electron chi connectivity index (χ4n) is 1.43. The molecule has 104 valence electrons. The molecule has 1 aromatic carbocycles. The molecular weight excluding hydrogens is 295 g/mol. The van der Waals surface area contributed by atoms with Crippen molar-refractivity contribution in [3.05, 3.63) is 52.7 Å². The van der Waals surface area contributed by atoms with Crippen LogP contribution in [0.2, 0.25) is 5.02 Å². The third-order valence-corrected chi connectivity index (χ3v) is 2.69. The first-order valence-electron chi connectivity index (χ1n) is 5.36. The van der Waals surface area contributed by atoms with E-state index < -0.39 is 16.8 Å². The molecular formula is C13H7ClF3NO2. The Bertz CT molecular complexity index is 627. The highest BCUT2D eigenvalue weighted by Crippen LogP contribution is 2.37. The number of rotatable bonds is 3. The van der Waals surface area contributed by atoms with Crippen molar-refractivity contribution >= 4 is 17.9 Å². The lowest BCUT2D eigenvalue weighted by Gasteiger charge is -2.11. The highest BCUT2D eigenvalue weighted by atomic mass is 35.5. The van der Waals surface area contributed by atoms with Crippen molar-refractivity contribution in [3.63, 3.8) is 0 Å². The van der Waals surface area contributed by atoms with Crippen LogP contribution >= 0.6 is 11.6 Å². The Morgan fingerprint density at radius 2 is 1.95 bits per heavy atom. The Morgan fingerprint density at radius 1 is 1.20 bits per heavy atom. The Kier molecular flexibility index (Phi) is 3.94. The Morgan fingerprint density at radius 3 is 2.50 bits per heavy atom. The van der Waals surface area contributed by atoms with Gasteiger partial charge in [0.15, 0.2) is 6.29 Å². The molecule has 0 aliphatic rings. The second kappa shape index (κ2) is 5.50. The predicted molar refractivity (Wildman–Crippen MR) is 66.2 cm³/mol. The van der Waals surface area contributed by atoms with Crippen LogP contribution in [-0.2, 0) is 6.18 Å². The van der Waals surface area contributed by atoms with Crippen molar-refractivity contribution in [2.24, 2.45) is 0 Å². The van der Waals surface area contributed by atoms with Gasteiger partial charge in [0.25, 0.3) is 0 Å². The van der Waals surface area contributed by atoms with E-state index in [1.165, 1.54) is 24.4 Å². The molecule has 2 rings (SSSR count). The van der Waals surface area contributed by atoms with Crippen molar-refractivity contribution in [2.45, 2.75) is 6.18 Å². The van der Waals surface area contributed by atoms with Gasteiger partial charge in [-0.05, 0) is 24.3 Å². The van der Waals surface area contributed by atoms with Crippen LogP contribution in [0.25, 0.3) is 0 Å². The number of pyridine rings is 1. The van der Waals surface area contributed by atoms with E-state index in [1.54, 1.807) is 0 Å². The molecule has 0 radical (unpaired) electrons. The zero-order valence-electron chi connectivity index (χ0n) is 9.82. The van der Waals surface area contributed by atoms with Crippen molar-refractivity contribution < 1.29 is 22.7 Å². The molecule has 0 bridgehead atoms. The largest absolute Gasteiger partial charge is 0.439 e. The average molecular weight is 302 g/mol. The molecule has 0 amide bonds. The molecule has 0 fully saturated rings. The maximum atomic E-state index is 12.7. The lowest BCUT2D eigenvalue weighted by atomic mass is 10.2. The second-order valence-corrected chi connectivity index (χ2v) is 4.20. The first-order chi connectivity index (χ1) is 9.40. The van der Waals surface area contributed by atoms with Crippen LogP contribution < -0.4 is 4.74 Å². The highest BCUT2D eigenvalue weighted by molar-refractivity contribution is 6.31. The van der Waals surface area contributed by atoms with Crippen molar-refractivity contribution in [3.8, 4) is 11.6 Å². The number of nitrogens with zero attached hydrogens (tertiary/aromatic N) is 1. The third-order valence-electron chi connectivity index (χ3n) is 2.36. The molecule has 7 heteroatoms. The SMILES string of the molecule is O=Cc1ccc(Oc2ccc(Cl)c(C(F)(F)F)c2)nc1. The summed E-state index contributed by atoms with van der Waals surface area (Å²) >= 11 is 5.49. The summed E-state index contributed by atoms with van der Waals surface area (Å²) in [5.41, 5.74) is -0.648. The Balaban J connectivity index is 2.27. The van der Waals surface area contributed by atoms with E-state index in [1.807, 2.05) is 0 Å². The number of ether oxygens (including phenoxy) is 1. The van der Waals surface area contributed by atoms with Gasteiger partial charge < -0.3 is 4.74 Å². The van der Waals surface area contributed by atoms with Crippen molar-refractivity contribution in [1.29, 1.82) is 0 Å². The summed E-state index contributed by atoms with van der Waals surface area (Å²) in [5.74, 6) is 0.0270. The first kappa shape index (κ1) is 14.3. The molecule has 0 spiro atoms. The fraction of sp³-hybridized carbons (Fsp3) is 0.0769. The van der Waals surface area contributed by atoms with Crippen LogP contribution in [-0.4, -0.2) is 11.3 Å². The van der Waals surface area contributed by atoms with E-state index in [9.17, 15) is 18.0 Å². The summed E-state index contributed by atoms with van der Waals surface area (Å²) < 4.78 is 43.2. The van der Waals surface area contributed by atoms with Crippen LogP contribution in [0.5, 0.6) is 11.6 Å². The first-order valence-corrected chi connectivity index (χ1v) is 5.74. The lowest BCUT2D eigenvalue weighted by molar-refractivity contribution is -0.137. The van der Waals surface area contributed by atoms with Gasteiger partial charge in [0.1, 0.15) is 5.75 Å². The number of hydrogen-bond donors (Lipinski definition) is 0. The third kappa shape index (κ3) is 3.27. The van der Waals surface area contributed by atoms with Gasteiger partial charge in [-0.25, -0.2) is 4.98 Å². The number of aldehydes is 1. The van der Waals surface area contributed by atoms with E-state index in [2.05, 4.69) is 4.98 Å². The van der Waals surface area contributed by atoms with Crippen LogP contribution in [0.4, 0.5) is 13.2 Å². The summed E-state index contributed by atoms with van der Waals surface area (Å²) in [6.45, 7) is 0. The molecule has 1 heterocycles. The maximum Gasteiger partial charge on any atom is 0.417 e. The number of benzene rings is 1. The number of halogens is 4. The number of alkyl halides is 3. The van der Waals surface area contributed by atoms with E-state index in [4.69, 9.17) is 16.3 Å². The van der Waals surface area contributed by atoms with Gasteiger partial charge in [0.05, 0.1) is 10.6 Å². The van der Waals surface area contributed by atoms with Crippen LogP contribution in [0.1, 0.15) is 15.9 Å². The smallest absolute Gasteiger partial charge is 0.417 e. The molecule has 3 nitrogen and oxygen atoms in total. The molecule has 2 aromatic rings. The minimum Gasteiger partial charge on any atom is -0.439 e. The summed E-state index contributed by atoms with van der Waals surface area (Å²) in [7, 11) is 0. The van der Waals surface area contributed by atoms with Gasteiger partial charge in [-0.2, -0.15) is 13.2 Å². The van der Waals surface area contributed by atoms with Gasteiger partial charge in [0.2, 0.25) is 5.88 Å². The molecule has 0 unspecified atom stereocenters. The number of hydrogen-bond acceptors (Lipinski definition) is 3. The molecule has 20 heavy (non-hydrogen) atoms. The van der Waals surface area contributed by atoms with Gasteiger partial charge in [-0.3, -0.25) is 4.79 Å². The summed E-state index contributed by atoms with van der Waals surface area (Å²) in [6.07, 6.45) is -2.71. The van der Waals surface area contributed by atoms with Crippen molar-refractivity contribution in [2.75, 3.05) is 0 Å². The maximum absolute atomic E-state index is 12.7. The van der Waals surface area contributed by atoms with E-state index in [0.717, 1.165) is 12.1 Å². The van der Waals surface area contributed by atoms with Crippen LogP contribution in [0.3, 0.4) is 0 Å². The van der Waals surface area contributed by atoms with E-state index in [0.29, 0.717) is 11.8 Å². The zero-order chi connectivity index (χ0) is 14.8. The fourth-order valence-corrected chi connectivity index (χ4v) is 1.65. The number of carbonyl (C=O) groups excluding carboxylic acids is 1. The standard InChI is InChI=1S/C13H7ClF3NO2/c14-11-3-2-9(5-10(11)13(15,16)17)20-12-4-1-8(7-19)6-18-12/h1-7H. The van der Waals surface area contributed by atoms with Gasteiger partial charge >= 0.3 is 6.18 Å².